The number of nitrogens with one attached hydrogen (secondary N) is 2. The summed E-state index contributed by atoms with van der Waals surface area (Å²) in [6.07, 6.45) is -4.43. The van der Waals surface area contributed by atoms with Crippen LogP contribution in [-0.2, 0) is 6.18 Å². The van der Waals surface area contributed by atoms with Gasteiger partial charge in [0.1, 0.15) is 0 Å². The standard InChI is InChI=1S/C22H17F3N2O2/c1-14-4-2-3-5-19(14)27-21(29)16-8-6-15(7-9-16)20(28)26-18-12-10-17(11-13-18)22(23,24)25/h2-13H,1H3,(H,26,28)(H,27,29). The quantitative estimate of drug-likeness (QED) is 0.608. The minimum Gasteiger partial charge on any atom is -0.322 e. The monoisotopic (exact) mass is 398 g/mol. The van der Waals surface area contributed by atoms with Crippen LogP contribution in [0.3, 0.4) is 0 Å². The van der Waals surface area contributed by atoms with Crippen molar-refractivity contribution >= 4 is 23.2 Å². The van der Waals surface area contributed by atoms with Crippen LogP contribution in [0.1, 0.15) is 31.8 Å². The van der Waals surface area contributed by atoms with E-state index in [4.69, 9.17) is 0 Å². The molecule has 0 heterocycles. The summed E-state index contributed by atoms with van der Waals surface area (Å²) in [6.45, 7) is 1.88. The van der Waals surface area contributed by atoms with Gasteiger partial charge in [-0.2, -0.15) is 13.2 Å². The van der Waals surface area contributed by atoms with E-state index in [1.165, 1.54) is 36.4 Å². The second-order valence-electron chi connectivity index (χ2n) is 6.38. The first-order valence-electron chi connectivity index (χ1n) is 8.70. The van der Waals surface area contributed by atoms with Crippen molar-refractivity contribution < 1.29 is 22.8 Å². The van der Waals surface area contributed by atoms with Crippen LogP contribution < -0.4 is 10.6 Å². The van der Waals surface area contributed by atoms with Gasteiger partial charge in [0, 0.05) is 22.5 Å². The molecule has 29 heavy (non-hydrogen) atoms. The molecule has 0 aromatic heterocycles. The summed E-state index contributed by atoms with van der Waals surface area (Å²) in [5.74, 6) is -0.801. The SMILES string of the molecule is Cc1ccccc1NC(=O)c1ccc(C(=O)Nc2ccc(C(F)(F)F)cc2)cc1. The summed E-state index contributed by atoms with van der Waals surface area (Å²) < 4.78 is 37.8. The zero-order chi connectivity index (χ0) is 21.0. The third-order valence-electron chi connectivity index (χ3n) is 4.27. The van der Waals surface area contributed by atoms with Crippen molar-refractivity contribution in [3.8, 4) is 0 Å². The lowest BCUT2D eigenvalue weighted by atomic mass is 10.1. The Hall–Kier alpha value is -3.61. The fraction of sp³-hybridized carbons (Fsp3) is 0.0909. The molecule has 0 saturated carbocycles. The van der Waals surface area contributed by atoms with Crippen LogP contribution in [0.2, 0.25) is 0 Å². The topological polar surface area (TPSA) is 58.2 Å². The molecular weight excluding hydrogens is 381 g/mol. The van der Waals surface area contributed by atoms with Gasteiger partial charge in [-0.1, -0.05) is 18.2 Å². The van der Waals surface area contributed by atoms with Gasteiger partial charge in [0.05, 0.1) is 5.56 Å². The van der Waals surface area contributed by atoms with Crippen LogP contribution in [0, 0.1) is 6.92 Å². The lowest BCUT2D eigenvalue weighted by molar-refractivity contribution is -0.137. The largest absolute Gasteiger partial charge is 0.416 e. The first-order valence-corrected chi connectivity index (χ1v) is 8.70. The minimum absolute atomic E-state index is 0.240. The third-order valence-corrected chi connectivity index (χ3v) is 4.27. The highest BCUT2D eigenvalue weighted by Gasteiger charge is 2.30. The predicted molar refractivity (Wildman–Crippen MR) is 105 cm³/mol. The average Bonchev–Trinajstić information content (AvgIpc) is 2.69. The number of carbonyl (C=O) groups excluding carboxylic acids is 2. The molecule has 3 rings (SSSR count). The summed E-state index contributed by atoms with van der Waals surface area (Å²) in [6, 6.07) is 17.5. The van der Waals surface area contributed by atoms with Gasteiger partial charge in [-0.25, -0.2) is 0 Å². The smallest absolute Gasteiger partial charge is 0.322 e. The van der Waals surface area contributed by atoms with Crippen LogP contribution in [0.4, 0.5) is 24.5 Å². The van der Waals surface area contributed by atoms with Crippen molar-refractivity contribution in [2.75, 3.05) is 10.6 Å². The van der Waals surface area contributed by atoms with E-state index in [0.717, 1.165) is 17.7 Å². The van der Waals surface area contributed by atoms with E-state index in [0.29, 0.717) is 11.3 Å². The number of alkyl halides is 3. The van der Waals surface area contributed by atoms with Gasteiger partial charge in [-0.15, -0.1) is 0 Å². The fourth-order valence-corrected chi connectivity index (χ4v) is 2.63. The van der Waals surface area contributed by atoms with Crippen LogP contribution >= 0.6 is 0 Å². The van der Waals surface area contributed by atoms with E-state index in [1.54, 1.807) is 6.07 Å². The Labute approximate surface area is 165 Å². The van der Waals surface area contributed by atoms with E-state index in [2.05, 4.69) is 10.6 Å². The van der Waals surface area contributed by atoms with Gasteiger partial charge < -0.3 is 10.6 Å². The predicted octanol–water partition coefficient (Wildman–Crippen LogP) is 5.52. The summed E-state index contributed by atoms with van der Waals surface area (Å²) in [5.41, 5.74) is 1.72. The van der Waals surface area contributed by atoms with Crippen molar-refractivity contribution in [3.05, 3.63) is 95.1 Å². The molecular formula is C22H17F3N2O2. The van der Waals surface area contributed by atoms with Gasteiger partial charge >= 0.3 is 6.18 Å². The van der Waals surface area contributed by atoms with Crippen molar-refractivity contribution in [2.24, 2.45) is 0 Å². The number of rotatable bonds is 4. The maximum absolute atomic E-state index is 12.6. The number of anilines is 2. The molecule has 3 aromatic carbocycles. The molecule has 3 aromatic rings. The van der Waals surface area contributed by atoms with Crippen LogP contribution in [-0.4, -0.2) is 11.8 Å². The Morgan fingerprint density at radius 1 is 0.724 bits per heavy atom. The zero-order valence-electron chi connectivity index (χ0n) is 15.4. The van der Waals surface area contributed by atoms with E-state index < -0.39 is 17.6 Å². The molecule has 7 heteroatoms. The van der Waals surface area contributed by atoms with Crippen molar-refractivity contribution in [3.63, 3.8) is 0 Å². The Balaban J connectivity index is 1.65. The molecule has 0 aliphatic heterocycles. The van der Waals surface area contributed by atoms with E-state index in [-0.39, 0.29) is 17.2 Å². The molecule has 0 fully saturated rings. The molecule has 2 amide bonds. The van der Waals surface area contributed by atoms with Crippen molar-refractivity contribution in [2.45, 2.75) is 13.1 Å². The second kappa shape index (κ2) is 8.18. The van der Waals surface area contributed by atoms with E-state index in [9.17, 15) is 22.8 Å². The molecule has 0 spiro atoms. The van der Waals surface area contributed by atoms with Crippen LogP contribution in [0.15, 0.2) is 72.8 Å². The fourth-order valence-electron chi connectivity index (χ4n) is 2.63. The minimum atomic E-state index is -4.43. The van der Waals surface area contributed by atoms with Gasteiger partial charge in [-0.3, -0.25) is 9.59 Å². The van der Waals surface area contributed by atoms with Crippen LogP contribution in [0.5, 0.6) is 0 Å². The number of halogens is 3. The molecule has 0 saturated heterocycles. The van der Waals surface area contributed by atoms with Gasteiger partial charge in [0.25, 0.3) is 11.8 Å². The van der Waals surface area contributed by atoms with Gasteiger partial charge in [-0.05, 0) is 67.1 Å². The number of aryl methyl sites for hydroxylation is 1. The Kier molecular flexibility index (Phi) is 5.68. The van der Waals surface area contributed by atoms with E-state index in [1.807, 2.05) is 25.1 Å². The highest BCUT2D eigenvalue weighted by molar-refractivity contribution is 6.07. The molecule has 0 aliphatic carbocycles. The molecule has 0 aliphatic rings. The summed E-state index contributed by atoms with van der Waals surface area (Å²) >= 11 is 0. The van der Waals surface area contributed by atoms with Gasteiger partial charge in [0.15, 0.2) is 0 Å². The Morgan fingerprint density at radius 3 is 1.76 bits per heavy atom. The molecule has 0 radical (unpaired) electrons. The first-order chi connectivity index (χ1) is 13.7. The maximum atomic E-state index is 12.6. The number of amides is 2. The van der Waals surface area contributed by atoms with Gasteiger partial charge in [0.2, 0.25) is 0 Å². The van der Waals surface area contributed by atoms with Crippen molar-refractivity contribution in [1.29, 1.82) is 0 Å². The Morgan fingerprint density at radius 2 is 1.24 bits per heavy atom. The summed E-state index contributed by atoms with van der Waals surface area (Å²) in [4.78, 5) is 24.6. The zero-order valence-corrected chi connectivity index (χ0v) is 15.4. The summed E-state index contributed by atoms with van der Waals surface area (Å²) in [5, 5.41) is 5.33. The molecule has 2 N–H and O–H groups in total. The average molecular weight is 398 g/mol. The number of benzene rings is 3. The summed E-state index contributed by atoms with van der Waals surface area (Å²) in [7, 11) is 0. The maximum Gasteiger partial charge on any atom is 0.416 e. The highest BCUT2D eigenvalue weighted by Crippen LogP contribution is 2.29. The molecule has 0 unspecified atom stereocenters. The third kappa shape index (κ3) is 5.01. The second-order valence-corrected chi connectivity index (χ2v) is 6.38. The lowest BCUT2D eigenvalue weighted by Gasteiger charge is -2.10. The lowest BCUT2D eigenvalue weighted by Crippen LogP contribution is -2.15. The van der Waals surface area contributed by atoms with E-state index >= 15 is 0 Å². The normalized spacial score (nSPS) is 11.0. The number of hydrogen-bond acceptors (Lipinski definition) is 2. The van der Waals surface area contributed by atoms with Crippen LogP contribution in [0.25, 0.3) is 0 Å². The number of carbonyl (C=O) groups is 2. The molecule has 148 valence electrons. The first kappa shape index (κ1) is 20.1. The van der Waals surface area contributed by atoms with Crippen molar-refractivity contribution in [1.82, 2.24) is 0 Å². The number of para-hydroxylation sites is 1. The number of hydrogen-bond donors (Lipinski definition) is 2. The Bertz CT molecular complexity index is 1030. The molecule has 0 atom stereocenters. The molecule has 0 bridgehead atoms. The highest BCUT2D eigenvalue weighted by atomic mass is 19.4. The molecule has 4 nitrogen and oxygen atoms in total.